The smallest absolute Gasteiger partial charge is 0.323 e. The van der Waals surface area contributed by atoms with Crippen LogP contribution in [0.25, 0.3) is 0 Å². The first-order chi connectivity index (χ1) is 9.66. The van der Waals surface area contributed by atoms with E-state index in [0.29, 0.717) is 0 Å². The number of ketones is 1. The molecule has 1 N–H and O–H groups in total. The van der Waals surface area contributed by atoms with E-state index in [2.05, 4.69) is 5.32 Å². The highest BCUT2D eigenvalue weighted by molar-refractivity contribution is 6.09. The maximum absolute atomic E-state index is 12.7. The van der Waals surface area contributed by atoms with Crippen LogP contribution in [0.4, 0.5) is 4.79 Å². The van der Waals surface area contributed by atoms with Crippen LogP contribution < -0.4 is 5.32 Å². The van der Waals surface area contributed by atoms with Gasteiger partial charge in [-0.25, -0.2) is 4.79 Å². The molecule has 0 aromatic carbocycles. The van der Waals surface area contributed by atoms with E-state index in [-0.39, 0.29) is 24.2 Å². The molecule has 21 heavy (non-hydrogen) atoms. The minimum absolute atomic E-state index is 0.0982. The average molecular weight is 294 g/mol. The second-order valence-electron chi connectivity index (χ2n) is 7.53. The zero-order valence-electron chi connectivity index (χ0n) is 13.5. The molecule has 1 aliphatic heterocycles. The normalized spacial score (nSPS) is 27.9. The fourth-order valence-corrected chi connectivity index (χ4v) is 3.20. The van der Waals surface area contributed by atoms with Crippen LogP contribution in [0, 0.1) is 11.3 Å². The predicted octanol–water partition coefficient (Wildman–Crippen LogP) is 2.49. The number of rotatable bonds is 3. The number of hydrogen-bond donors (Lipinski definition) is 1. The van der Waals surface area contributed by atoms with E-state index in [0.717, 1.165) is 30.6 Å². The van der Waals surface area contributed by atoms with Crippen molar-refractivity contribution in [2.45, 2.75) is 65.3 Å². The Labute approximate surface area is 126 Å². The molecule has 118 valence electrons. The quantitative estimate of drug-likeness (QED) is 0.813. The number of amides is 3. The van der Waals surface area contributed by atoms with Gasteiger partial charge in [0.15, 0.2) is 5.78 Å². The summed E-state index contributed by atoms with van der Waals surface area (Å²) >= 11 is 0. The van der Waals surface area contributed by atoms with Crippen LogP contribution in [0.5, 0.6) is 0 Å². The summed E-state index contributed by atoms with van der Waals surface area (Å²) in [6, 6.07) is -0.425. The molecule has 0 radical (unpaired) electrons. The van der Waals surface area contributed by atoms with Crippen molar-refractivity contribution in [2.24, 2.45) is 11.3 Å². The molecule has 5 heteroatoms. The van der Waals surface area contributed by atoms with Crippen LogP contribution in [0.3, 0.4) is 0 Å². The molecule has 0 unspecified atom stereocenters. The standard InChI is InChI=1S/C16H26N2O3/c1-15(2,3)12(19)10-18-13(20)16(4,17-14(18)21)11-8-6-5-7-9-11/h11H,5-10H2,1-4H3,(H,17,21)/t16-/m0/s1. The first-order valence-corrected chi connectivity index (χ1v) is 7.83. The largest absolute Gasteiger partial charge is 0.325 e. The molecule has 0 spiro atoms. The number of urea groups is 1. The summed E-state index contributed by atoms with van der Waals surface area (Å²) in [7, 11) is 0. The highest BCUT2D eigenvalue weighted by Crippen LogP contribution is 2.36. The van der Waals surface area contributed by atoms with Crippen molar-refractivity contribution in [3.05, 3.63) is 0 Å². The monoisotopic (exact) mass is 294 g/mol. The molecule has 1 saturated carbocycles. The zero-order valence-corrected chi connectivity index (χ0v) is 13.5. The molecule has 1 atom stereocenters. The van der Waals surface area contributed by atoms with Crippen LogP contribution in [0.1, 0.15) is 59.8 Å². The molecule has 5 nitrogen and oxygen atoms in total. The number of nitrogens with zero attached hydrogens (tertiary/aromatic N) is 1. The van der Waals surface area contributed by atoms with Crippen molar-refractivity contribution < 1.29 is 14.4 Å². The van der Waals surface area contributed by atoms with Crippen molar-refractivity contribution in [1.82, 2.24) is 10.2 Å². The molecular formula is C16H26N2O3. The maximum Gasteiger partial charge on any atom is 0.325 e. The van der Waals surface area contributed by atoms with Gasteiger partial charge in [-0.05, 0) is 25.7 Å². The van der Waals surface area contributed by atoms with Gasteiger partial charge in [0.25, 0.3) is 5.91 Å². The molecule has 0 bridgehead atoms. The summed E-state index contributed by atoms with van der Waals surface area (Å²) in [5, 5.41) is 2.84. The van der Waals surface area contributed by atoms with Crippen LogP contribution in [-0.4, -0.2) is 34.7 Å². The lowest BCUT2D eigenvalue weighted by molar-refractivity contribution is -0.137. The molecule has 3 amide bonds. The third kappa shape index (κ3) is 2.97. The van der Waals surface area contributed by atoms with Crippen molar-refractivity contribution in [1.29, 1.82) is 0 Å². The number of imide groups is 1. The minimum atomic E-state index is -0.838. The Hall–Kier alpha value is -1.39. The lowest BCUT2D eigenvalue weighted by atomic mass is 9.75. The van der Waals surface area contributed by atoms with Crippen LogP contribution in [-0.2, 0) is 9.59 Å². The fourth-order valence-electron chi connectivity index (χ4n) is 3.20. The Morgan fingerprint density at radius 1 is 1.24 bits per heavy atom. The molecule has 0 aromatic heterocycles. The molecule has 2 rings (SSSR count). The zero-order chi connectivity index (χ0) is 15.8. The number of Topliss-reactive ketones (excluding diaryl/α,β-unsaturated/α-hetero) is 1. The third-order valence-corrected chi connectivity index (χ3v) is 4.86. The van der Waals surface area contributed by atoms with Crippen molar-refractivity contribution >= 4 is 17.7 Å². The van der Waals surface area contributed by atoms with Gasteiger partial charge >= 0.3 is 6.03 Å². The molecule has 0 aromatic rings. The van der Waals surface area contributed by atoms with E-state index in [1.54, 1.807) is 20.8 Å². The number of carbonyl (C=O) groups excluding carboxylic acids is 3. The molecule has 2 fully saturated rings. The van der Waals surface area contributed by atoms with Gasteiger partial charge in [-0.15, -0.1) is 0 Å². The van der Waals surface area contributed by atoms with Gasteiger partial charge in [-0.3, -0.25) is 14.5 Å². The minimum Gasteiger partial charge on any atom is -0.323 e. The third-order valence-electron chi connectivity index (χ3n) is 4.86. The highest BCUT2D eigenvalue weighted by Gasteiger charge is 2.52. The molecule has 1 heterocycles. The summed E-state index contributed by atoms with van der Waals surface area (Å²) in [6.07, 6.45) is 5.32. The van der Waals surface area contributed by atoms with Gasteiger partial charge in [0.1, 0.15) is 5.54 Å². The Morgan fingerprint density at radius 3 is 2.33 bits per heavy atom. The predicted molar refractivity (Wildman–Crippen MR) is 79.7 cm³/mol. The van der Waals surface area contributed by atoms with Gasteiger partial charge < -0.3 is 5.32 Å². The van der Waals surface area contributed by atoms with E-state index in [4.69, 9.17) is 0 Å². The topological polar surface area (TPSA) is 66.5 Å². The lowest BCUT2D eigenvalue weighted by Crippen LogP contribution is -2.51. The number of nitrogens with one attached hydrogen (secondary N) is 1. The number of carbonyl (C=O) groups is 3. The van der Waals surface area contributed by atoms with Crippen molar-refractivity contribution in [2.75, 3.05) is 6.54 Å². The van der Waals surface area contributed by atoms with Gasteiger partial charge in [-0.1, -0.05) is 40.0 Å². The van der Waals surface area contributed by atoms with Gasteiger partial charge in [-0.2, -0.15) is 0 Å². The Balaban J connectivity index is 2.14. The summed E-state index contributed by atoms with van der Waals surface area (Å²) in [6.45, 7) is 7.08. The lowest BCUT2D eigenvalue weighted by Gasteiger charge is -2.34. The van der Waals surface area contributed by atoms with E-state index in [9.17, 15) is 14.4 Å². The van der Waals surface area contributed by atoms with E-state index >= 15 is 0 Å². The Kier molecular flexibility index (Phi) is 4.13. The average Bonchev–Trinajstić information content (AvgIpc) is 2.63. The van der Waals surface area contributed by atoms with Crippen LogP contribution in [0.2, 0.25) is 0 Å². The van der Waals surface area contributed by atoms with Crippen molar-refractivity contribution in [3.8, 4) is 0 Å². The maximum atomic E-state index is 12.7. The molecular weight excluding hydrogens is 268 g/mol. The molecule has 2 aliphatic rings. The van der Waals surface area contributed by atoms with Gasteiger partial charge in [0, 0.05) is 5.41 Å². The molecule has 1 aliphatic carbocycles. The molecule has 1 saturated heterocycles. The van der Waals surface area contributed by atoms with E-state index in [1.807, 2.05) is 6.92 Å². The summed E-state index contributed by atoms with van der Waals surface area (Å²) in [5.74, 6) is -0.159. The first-order valence-electron chi connectivity index (χ1n) is 7.83. The highest BCUT2D eigenvalue weighted by atomic mass is 16.2. The van der Waals surface area contributed by atoms with Gasteiger partial charge in [0.2, 0.25) is 0 Å². The van der Waals surface area contributed by atoms with Crippen LogP contribution >= 0.6 is 0 Å². The first kappa shape index (κ1) is 16.0. The summed E-state index contributed by atoms with van der Waals surface area (Å²) < 4.78 is 0. The SMILES string of the molecule is CC(C)(C)C(=O)CN1C(=O)N[C@@](C)(C2CCCCC2)C1=O. The Morgan fingerprint density at radius 2 is 1.81 bits per heavy atom. The second kappa shape index (κ2) is 5.43. The second-order valence-corrected chi connectivity index (χ2v) is 7.53. The summed E-state index contributed by atoms with van der Waals surface area (Å²) in [4.78, 5) is 38.1. The van der Waals surface area contributed by atoms with Gasteiger partial charge in [0.05, 0.1) is 6.54 Å². The fraction of sp³-hybridized carbons (Fsp3) is 0.812. The van der Waals surface area contributed by atoms with E-state index < -0.39 is 17.0 Å². The summed E-state index contributed by atoms with van der Waals surface area (Å²) in [5.41, 5.74) is -1.39. The van der Waals surface area contributed by atoms with Crippen molar-refractivity contribution in [3.63, 3.8) is 0 Å². The Bertz CT molecular complexity index is 461. The number of hydrogen-bond acceptors (Lipinski definition) is 3. The van der Waals surface area contributed by atoms with E-state index in [1.165, 1.54) is 6.42 Å². The van der Waals surface area contributed by atoms with Crippen LogP contribution in [0.15, 0.2) is 0 Å².